The maximum Gasteiger partial charge on any atom is 0.0544 e. The molecular formula is C57H41N3. The van der Waals surface area contributed by atoms with Crippen LogP contribution in [0.2, 0.25) is 0 Å². The minimum atomic E-state index is -0.0998. The van der Waals surface area contributed by atoms with E-state index in [0.29, 0.717) is 0 Å². The lowest BCUT2D eigenvalue weighted by Crippen LogP contribution is -2.14. The predicted octanol–water partition coefficient (Wildman–Crippen LogP) is 15.3. The first-order valence-corrected chi connectivity index (χ1v) is 20.9. The van der Waals surface area contributed by atoms with E-state index in [1.165, 1.54) is 77.0 Å². The lowest BCUT2D eigenvalue weighted by atomic mass is 9.82. The van der Waals surface area contributed by atoms with E-state index in [9.17, 15) is 0 Å². The predicted molar refractivity (Wildman–Crippen MR) is 253 cm³/mol. The zero-order valence-corrected chi connectivity index (χ0v) is 33.5. The molecular weight excluding hydrogens is 727 g/mol. The zero-order valence-electron chi connectivity index (χ0n) is 33.5. The number of rotatable bonds is 6. The molecule has 3 nitrogen and oxygen atoms in total. The molecule has 0 amide bonds. The molecule has 0 saturated carbocycles. The van der Waals surface area contributed by atoms with Crippen LogP contribution in [0.25, 0.3) is 77.2 Å². The van der Waals surface area contributed by atoms with E-state index < -0.39 is 0 Å². The van der Waals surface area contributed by atoms with Crippen LogP contribution in [0.3, 0.4) is 0 Å². The summed E-state index contributed by atoms with van der Waals surface area (Å²) >= 11 is 0. The van der Waals surface area contributed by atoms with Crippen molar-refractivity contribution >= 4 is 60.7 Å². The molecule has 0 N–H and O–H groups in total. The Morgan fingerprint density at radius 3 is 1.67 bits per heavy atom. The van der Waals surface area contributed by atoms with Gasteiger partial charge in [-0.15, -0.1) is 0 Å². The molecule has 0 fully saturated rings. The number of benzene rings is 9. The molecule has 0 spiro atoms. The summed E-state index contributed by atoms with van der Waals surface area (Å²) in [4.78, 5) is 2.37. The van der Waals surface area contributed by atoms with Crippen molar-refractivity contribution in [3.05, 3.63) is 223 Å². The minimum Gasteiger partial charge on any atom is -0.310 e. The lowest BCUT2D eigenvalue weighted by Gasteiger charge is -2.26. The average Bonchev–Trinajstić information content (AvgIpc) is 3.89. The first kappa shape index (κ1) is 34.4. The molecule has 2 heterocycles. The van der Waals surface area contributed by atoms with E-state index in [4.69, 9.17) is 0 Å². The van der Waals surface area contributed by atoms with Gasteiger partial charge in [0.15, 0.2) is 0 Å². The Balaban J connectivity index is 1.09. The van der Waals surface area contributed by atoms with Gasteiger partial charge in [-0.1, -0.05) is 135 Å². The molecule has 2 aromatic heterocycles. The number of para-hydroxylation sites is 3. The molecule has 0 bridgehead atoms. The molecule has 0 radical (unpaired) electrons. The van der Waals surface area contributed by atoms with Crippen LogP contribution in [-0.2, 0) is 5.41 Å². The van der Waals surface area contributed by atoms with Crippen LogP contribution < -0.4 is 4.90 Å². The summed E-state index contributed by atoms with van der Waals surface area (Å²) in [6.07, 6.45) is 0. The van der Waals surface area contributed by atoms with E-state index in [-0.39, 0.29) is 5.41 Å². The van der Waals surface area contributed by atoms with Gasteiger partial charge in [-0.3, -0.25) is 0 Å². The van der Waals surface area contributed by atoms with Crippen molar-refractivity contribution < 1.29 is 0 Å². The number of aromatic nitrogens is 2. The normalized spacial score (nSPS) is 13.0. The third-order valence-corrected chi connectivity index (χ3v) is 12.9. The van der Waals surface area contributed by atoms with Gasteiger partial charge < -0.3 is 14.0 Å². The molecule has 11 aromatic rings. The van der Waals surface area contributed by atoms with Crippen LogP contribution in [0.4, 0.5) is 17.1 Å². The Labute approximate surface area is 349 Å². The summed E-state index contributed by atoms with van der Waals surface area (Å²) in [5.41, 5.74) is 18.2. The molecule has 0 atom stereocenters. The van der Waals surface area contributed by atoms with Gasteiger partial charge in [-0.25, -0.2) is 0 Å². The first-order valence-electron chi connectivity index (χ1n) is 20.9. The summed E-state index contributed by atoms with van der Waals surface area (Å²) in [7, 11) is 0. The fourth-order valence-electron chi connectivity index (χ4n) is 10.0. The van der Waals surface area contributed by atoms with Crippen LogP contribution in [0.5, 0.6) is 0 Å². The summed E-state index contributed by atoms with van der Waals surface area (Å²) in [5, 5.41) is 4.96. The summed E-state index contributed by atoms with van der Waals surface area (Å²) in [6, 6.07) is 77.8. The van der Waals surface area contributed by atoms with Crippen molar-refractivity contribution in [1.82, 2.24) is 9.13 Å². The average molecular weight is 768 g/mol. The third-order valence-electron chi connectivity index (χ3n) is 12.9. The maximum absolute atomic E-state index is 2.49. The van der Waals surface area contributed by atoms with Crippen molar-refractivity contribution in [3.8, 4) is 33.6 Å². The molecule has 284 valence electrons. The van der Waals surface area contributed by atoms with Crippen molar-refractivity contribution in [1.29, 1.82) is 0 Å². The highest BCUT2D eigenvalue weighted by Crippen LogP contribution is 2.51. The van der Waals surface area contributed by atoms with Crippen LogP contribution in [-0.4, -0.2) is 9.13 Å². The Hall–Kier alpha value is -7.62. The molecule has 3 heteroatoms. The van der Waals surface area contributed by atoms with E-state index in [1.807, 2.05) is 0 Å². The number of anilines is 3. The van der Waals surface area contributed by atoms with Gasteiger partial charge in [0, 0.05) is 55.4 Å². The Morgan fingerprint density at radius 2 is 0.883 bits per heavy atom. The quantitative estimate of drug-likeness (QED) is 0.164. The standard InChI is InChI=1S/C57H41N3/c1-57(2)51-24-14-12-22-45(51)47-36-50-46-23-13-15-25-53(46)60(56(50)37-52(47)57)44-31-33-55-49(35-44)48-34-43(30-32-54(48)59(55)41-20-10-5-11-21-41)58(40-18-8-4-9-19-40)42-28-26-39(27-29-42)38-16-6-3-7-17-38/h3-37H,1-2H3. The minimum absolute atomic E-state index is 0.0998. The van der Waals surface area contributed by atoms with E-state index >= 15 is 0 Å². The largest absolute Gasteiger partial charge is 0.310 e. The second-order valence-corrected chi connectivity index (χ2v) is 16.6. The maximum atomic E-state index is 2.49. The summed E-state index contributed by atoms with van der Waals surface area (Å²) in [6.45, 7) is 4.74. The molecule has 0 unspecified atom stereocenters. The summed E-state index contributed by atoms with van der Waals surface area (Å²) < 4.78 is 4.90. The highest BCUT2D eigenvalue weighted by Gasteiger charge is 2.36. The van der Waals surface area contributed by atoms with Crippen LogP contribution in [0.15, 0.2) is 212 Å². The van der Waals surface area contributed by atoms with Crippen molar-refractivity contribution in [2.75, 3.05) is 4.90 Å². The molecule has 1 aliphatic carbocycles. The monoisotopic (exact) mass is 767 g/mol. The van der Waals surface area contributed by atoms with Gasteiger partial charge >= 0.3 is 0 Å². The second-order valence-electron chi connectivity index (χ2n) is 16.6. The molecule has 9 aromatic carbocycles. The molecule has 60 heavy (non-hydrogen) atoms. The van der Waals surface area contributed by atoms with E-state index in [1.54, 1.807) is 0 Å². The van der Waals surface area contributed by atoms with Gasteiger partial charge in [-0.05, 0) is 124 Å². The highest BCUT2D eigenvalue weighted by molar-refractivity contribution is 6.14. The first-order chi connectivity index (χ1) is 29.5. The Kier molecular flexibility index (Phi) is 7.58. The number of hydrogen-bond donors (Lipinski definition) is 0. The fourth-order valence-corrected chi connectivity index (χ4v) is 10.0. The van der Waals surface area contributed by atoms with Crippen LogP contribution in [0, 0.1) is 0 Å². The SMILES string of the molecule is CC1(C)c2ccccc2-c2cc3c4ccccc4n(-c4ccc5c(c4)c4cc(N(c6ccccc6)c6ccc(-c7ccccc7)cc6)ccc4n5-c4ccccc4)c3cc21. The third kappa shape index (κ3) is 5.15. The molecule has 0 saturated heterocycles. The van der Waals surface area contributed by atoms with Crippen molar-refractivity contribution in [2.45, 2.75) is 19.3 Å². The Bertz CT molecular complexity index is 3430. The van der Waals surface area contributed by atoms with Gasteiger partial charge in [0.05, 0.1) is 22.1 Å². The van der Waals surface area contributed by atoms with Gasteiger partial charge in [0.2, 0.25) is 0 Å². The van der Waals surface area contributed by atoms with Crippen molar-refractivity contribution in [3.63, 3.8) is 0 Å². The summed E-state index contributed by atoms with van der Waals surface area (Å²) in [5.74, 6) is 0. The van der Waals surface area contributed by atoms with Gasteiger partial charge in [0.25, 0.3) is 0 Å². The fraction of sp³-hybridized carbons (Fsp3) is 0.0526. The lowest BCUT2D eigenvalue weighted by molar-refractivity contribution is 0.661. The Morgan fingerprint density at radius 1 is 0.333 bits per heavy atom. The van der Waals surface area contributed by atoms with E-state index in [0.717, 1.165) is 28.4 Å². The van der Waals surface area contributed by atoms with Gasteiger partial charge in [-0.2, -0.15) is 0 Å². The van der Waals surface area contributed by atoms with Gasteiger partial charge in [0.1, 0.15) is 0 Å². The molecule has 12 rings (SSSR count). The number of fused-ring (bicyclic) bond motifs is 9. The topological polar surface area (TPSA) is 13.1 Å². The highest BCUT2D eigenvalue weighted by atomic mass is 15.1. The van der Waals surface area contributed by atoms with Crippen molar-refractivity contribution in [2.24, 2.45) is 0 Å². The number of nitrogens with zero attached hydrogens (tertiary/aromatic N) is 3. The molecule has 0 aliphatic heterocycles. The zero-order chi connectivity index (χ0) is 40.0. The van der Waals surface area contributed by atoms with E-state index in [2.05, 4.69) is 240 Å². The number of hydrogen-bond acceptors (Lipinski definition) is 1. The second kappa shape index (κ2) is 13.2. The smallest absolute Gasteiger partial charge is 0.0544 e. The molecule has 1 aliphatic rings. The van der Waals surface area contributed by atoms with Crippen LogP contribution in [0.1, 0.15) is 25.0 Å². The van der Waals surface area contributed by atoms with Crippen LogP contribution >= 0.6 is 0 Å².